The van der Waals surface area contributed by atoms with Gasteiger partial charge in [-0.25, -0.2) is 9.59 Å². The lowest BCUT2D eigenvalue weighted by molar-refractivity contribution is -0.121. The van der Waals surface area contributed by atoms with E-state index in [2.05, 4.69) is 5.32 Å². The molecule has 2 rings (SSSR count). The number of aromatic carboxylic acids is 2. The van der Waals surface area contributed by atoms with Crippen LogP contribution in [0.1, 0.15) is 34.1 Å². The summed E-state index contributed by atoms with van der Waals surface area (Å²) in [6.07, 6.45) is 0.365. The molecule has 1 aliphatic heterocycles. The second-order valence-electron chi connectivity index (χ2n) is 4.87. The predicted molar refractivity (Wildman–Crippen MR) is 72.5 cm³/mol. The van der Waals surface area contributed by atoms with E-state index in [4.69, 9.17) is 14.9 Å². The highest BCUT2D eigenvalue weighted by Crippen LogP contribution is 2.23. The van der Waals surface area contributed by atoms with Gasteiger partial charge in [-0.05, 0) is 31.5 Å². The van der Waals surface area contributed by atoms with Crippen molar-refractivity contribution in [2.24, 2.45) is 5.92 Å². The first-order valence-electron chi connectivity index (χ1n) is 6.42. The molecule has 3 N–H and O–H groups in total. The number of amides is 1. The van der Waals surface area contributed by atoms with Gasteiger partial charge in [0.25, 0.3) is 0 Å². The van der Waals surface area contributed by atoms with Crippen LogP contribution in [-0.2, 0) is 9.53 Å². The molecular formula is C14H15NO6. The summed E-state index contributed by atoms with van der Waals surface area (Å²) in [6, 6.07) is 3.50. The van der Waals surface area contributed by atoms with E-state index in [-0.39, 0.29) is 34.7 Å². The van der Waals surface area contributed by atoms with Crippen molar-refractivity contribution >= 4 is 23.5 Å². The minimum atomic E-state index is -1.26. The lowest BCUT2D eigenvalue weighted by Gasteiger charge is -2.14. The fourth-order valence-electron chi connectivity index (χ4n) is 2.26. The monoisotopic (exact) mass is 293 g/mol. The molecule has 1 amide bonds. The molecule has 0 aliphatic carbocycles. The summed E-state index contributed by atoms with van der Waals surface area (Å²) >= 11 is 0. The number of anilines is 1. The molecule has 0 aromatic heterocycles. The normalized spacial score (nSPS) is 21.0. The Bertz CT molecular complexity index is 565. The van der Waals surface area contributed by atoms with Crippen molar-refractivity contribution in [3.63, 3.8) is 0 Å². The summed E-state index contributed by atoms with van der Waals surface area (Å²) < 4.78 is 5.30. The Balaban J connectivity index is 2.24. The molecule has 0 radical (unpaired) electrons. The summed E-state index contributed by atoms with van der Waals surface area (Å²) in [6.45, 7) is 2.28. The molecule has 2 unspecified atom stereocenters. The third-order valence-electron chi connectivity index (χ3n) is 3.41. The standard InChI is InChI=1S/C14H15NO6/c1-7-11(2-3-21-7)12(16)15-10-5-8(13(17)18)4-9(6-10)14(19)20/h4-7,11H,2-3H2,1H3,(H,15,16)(H,17,18)(H,19,20). The van der Waals surface area contributed by atoms with Crippen molar-refractivity contribution < 1.29 is 29.3 Å². The number of carboxylic acid groups (broad SMARTS) is 2. The van der Waals surface area contributed by atoms with Crippen LogP contribution in [0.2, 0.25) is 0 Å². The molecule has 1 saturated heterocycles. The number of carboxylic acids is 2. The molecule has 7 nitrogen and oxygen atoms in total. The smallest absolute Gasteiger partial charge is 0.335 e. The van der Waals surface area contributed by atoms with Gasteiger partial charge in [0.2, 0.25) is 5.91 Å². The van der Waals surface area contributed by atoms with Gasteiger partial charge in [0.05, 0.1) is 23.1 Å². The van der Waals surface area contributed by atoms with E-state index in [9.17, 15) is 14.4 Å². The van der Waals surface area contributed by atoms with Gasteiger partial charge in [-0.3, -0.25) is 4.79 Å². The van der Waals surface area contributed by atoms with E-state index in [1.54, 1.807) is 6.92 Å². The number of ether oxygens (including phenoxy) is 1. The summed E-state index contributed by atoms with van der Waals surface area (Å²) in [5.74, 6) is -3.15. The summed E-state index contributed by atoms with van der Waals surface area (Å²) in [5, 5.41) is 20.5. The largest absolute Gasteiger partial charge is 0.478 e. The lowest BCUT2D eigenvalue weighted by Crippen LogP contribution is -2.28. The highest BCUT2D eigenvalue weighted by atomic mass is 16.5. The summed E-state index contributed by atoms with van der Waals surface area (Å²) in [7, 11) is 0. The molecule has 1 aromatic rings. The number of rotatable bonds is 4. The zero-order valence-corrected chi connectivity index (χ0v) is 11.3. The topological polar surface area (TPSA) is 113 Å². The number of nitrogens with one attached hydrogen (secondary N) is 1. The van der Waals surface area contributed by atoms with Crippen molar-refractivity contribution in [2.75, 3.05) is 11.9 Å². The van der Waals surface area contributed by atoms with Gasteiger partial charge in [0.1, 0.15) is 0 Å². The van der Waals surface area contributed by atoms with Crippen LogP contribution in [0.25, 0.3) is 0 Å². The number of carbonyl (C=O) groups is 3. The SMILES string of the molecule is CC1OCCC1C(=O)Nc1cc(C(=O)O)cc(C(=O)O)c1. The Morgan fingerprint density at radius 1 is 1.14 bits per heavy atom. The van der Waals surface area contributed by atoms with Crippen molar-refractivity contribution in [3.8, 4) is 0 Å². The second-order valence-corrected chi connectivity index (χ2v) is 4.87. The van der Waals surface area contributed by atoms with Gasteiger partial charge >= 0.3 is 11.9 Å². The van der Waals surface area contributed by atoms with E-state index in [1.807, 2.05) is 0 Å². The molecule has 21 heavy (non-hydrogen) atoms. The fourth-order valence-corrected chi connectivity index (χ4v) is 2.26. The van der Waals surface area contributed by atoms with Crippen LogP contribution in [-0.4, -0.2) is 40.8 Å². The van der Waals surface area contributed by atoms with Crippen LogP contribution >= 0.6 is 0 Å². The highest BCUT2D eigenvalue weighted by molar-refractivity contribution is 5.99. The van der Waals surface area contributed by atoms with Gasteiger partial charge < -0.3 is 20.3 Å². The zero-order chi connectivity index (χ0) is 15.6. The maximum atomic E-state index is 12.1. The number of hydrogen-bond acceptors (Lipinski definition) is 4. The molecule has 2 atom stereocenters. The number of hydrogen-bond donors (Lipinski definition) is 3. The van der Waals surface area contributed by atoms with Crippen LogP contribution in [0.15, 0.2) is 18.2 Å². The van der Waals surface area contributed by atoms with Gasteiger partial charge in [-0.1, -0.05) is 0 Å². The number of carbonyl (C=O) groups excluding carboxylic acids is 1. The average molecular weight is 293 g/mol. The molecule has 112 valence electrons. The maximum absolute atomic E-state index is 12.1. The Kier molecular flexibility index (Phi) is 4.23. The lowest BCUT2D eigenvalue weighted by atomic mass is 10.0. The van der Waals surface area contributed by atoms with Crippen molar-refractivity contribution in [3.05, 3.63) is 29.3 Å². The molecule has 7 heteroatoms. The van der Waals surface area contributed by atoms with Crippen LogP contribution in [0.3, 0.4) is 0 Å². The molecule has 1 aromatic carbocycles. The third kappa shape index (κ3) is 3.38. The van der Waals surface area contributed by atoms with Gasteiger partial charge in [-0.2, -0.15) is 0 Å². The molecule has 0 spiro atoms. The number of benzene rings is 1. The highest BCUT2D eigenvalue weighted by Gasteiger charge is 2.30. The first-order chi connectivity index (χ1) is 9.88. The van der Waals surface area contributed by atoms with E-state index >= 15 is 0 Å². The van der Waals surface area contributed by atoms with Gasteiger partial charge in [0.15, 0.2) is 0 Å². The molecule has 0 bridgehead atoms. The Hall–Kier alpha value is -2.41. The molecular weight excluding hydrogens is 278 g/mol. The minimum absolute atomic E-state index is 0.149. The minimum Gasteiger partial charge on any atom is -0.478 e. The van der Waals surface area contributed by atoms with Crippen LogP contribution in [0, 0.1) is 5.92 Å². The Labute approximate surface area is 120 Å². The van der Waals surface area contributed by atoms with Crippen LogP contribution in [0.5, 0.6) is 0 Å². The van der Waals surface area contributed by atoms with Gasteiger partial charge in [-0.15, -0.1) is 0 Å². The Morgan fingerprint density at radius 3 is 2.14 bits per heavy atom. The first-order valence-corrected chi connectivity index (χ1v) is 6.42. The maximum Gasteiger partial charge on any atom is 0.335 e. The molecule has 0 saturated carbocycles. The summed E-state index contributed by atoms with van der Waals surface area (Å²) in [4.78, 5) is 34.1. The zero-order valence-electron chi connectivity index (χ0n) is 11.3. The molecule has 1 fully saturated rings. The van der Waals surface area contributed by atoms with Crippen molar-refractivity contribution in [1.29, 1.82) is 0 Å². The third-order valence-corrected chi connectivity index (χ3v) is 3.41. The van der Waals surface area contributed by atoms with Crippen LogP contribution < -0.4 is 5.32 Å². The van der Waals surface area contributed by atoms with E-state index in [1.165, 1.54) is 12.1 Å². The Morgan fingerprint density at radius 2 is 1.71 bits per heavy atom. The van der Waals surface area contributed by atoms with Crippen LogP contribution in [0.4, 0.5) is 5.69 Å². The van der Waals surface area contributed by atoms with Crippen molar-refractivity contribution in [1.82, 2.24) is 0 Å². The van der Waals surface area contributed by atoms with Gasteiger partial charge in [0, 0.05) is 12.3 Å². The summed E-state index contributed by atoms with van der Waals surface area (Å²) in [5.41, 5.74) is -0.238. The second kappa shape index (κ2) is 5.92. The quantitative estimate of drug-likeness (QED) is 0.774. The fraction of sp³-hybridized carbons (Fsp3) is 0.357. The first kappa shape index (κ1) is 15.0. The molecule has 1 aliphatic rings. The average Bonchev–Trinajstić information content (AvgIpc) is 2.84. The molecule has 1 heterocycles. The van der Waals surface area contributed by atoms with E-state index in [0.717, 1.165) is 6.07 Å². The van der Waals surface area contributed by atoms with Crippen molar-refractivity contribution in [2.45, 2.75) is 19.4 Å². The van der Waals surface area contributed by atoms with E-state index in [0.29, 0.717) is 13.0 Å². The predicted octanol–water partition coefficient (Wildman–Crippen LogP) is 1.45. The van der Waals surface area contributed by atoms with E-state index < -0.39 is 11.9 Å².